The zero-order valence-corrected chi connectivity index (χ0v) is 9.16. The number of imidazole rings is 1. The van der Waals surface area contributed by atoms with Gasteiger partial charge in [-0.3, -0.25) is 0 Å². The summed E-state index contributed by atoms with van der Waals surface area (Å²) in [4.78, 5) is 8.58. The molecule has 0 aliphatic rings. The summed E-state index contributed by atoms with van der Waals surface area (Å²) in [5, 5.41) is 3.17. The van der Waals surface area contributed by atoms with Crippen LogP contribution in [-0.4, -0.2) is 14.5 Å². The van der Waals surface area contributed by atoms with Gasteiger partial charge in [-0.2, -0.15) is 0 Å². The van der Waals surface area contributed by atoms with Gasteiger partial charge < -0.3 is 4.57 Å². The Morgan fingerprint density at radius 2 is 2.36 bits per heavy atom. The molecule has 3 nitrogen and oxygen atoms in total. The van der Waals surface area contributed by atoms with E-state index in [-0.39, 0.29) is 0 Å². The SMILES string of the molecule is CCC(c1nccs1)n1cnc(C)c1. The van der Waals surface area contributed by atoms with Gasteiger partial charge in [0.25, 0.3) is 0 Å². The molecule has 2 rings (SSSR count). The molecule has 0 bridgehead atoms. The number of hydrogen-bond donors (Lipinski definition) is 0. The fourth-order valence-corrected chi connectivity index (χ4v) is 2.35. The maximum atomic E-state index is 4.34. The lowest BCUT2D eigenvalue weighted by Gasteiger charge is -2.12. The molecule has 0 N–H and O–H groups in total. The third-order valence-corrected chi connectivity index (χ3v) is 3.09. The summed E-state index contributed by atoms with van der Waals surface area (Å²) >= 11 is 1.70. The van der Waals surface area contributed by atoms with Crippen molar-refractivity contribution in [2.75, 3.05) is 0 Å². The summed E-state index contributed by atoms with van der Waals surface area (Å²) < 4.78 is 2.13. The monoisotopic (exact) mass is 207 g/mol. The predicted octanol–water partition coefficient (Wildman–Crippen LogP) is 2.65. The topological polar surface area (TPSA) is 30.7 Å². The van der Waals surface area contributed by atoms with Crippen molar-refractivity contribution < 1.29 is 0 Å². The molecule has 0 saturated heterocycles. The largest absolute Gasteiger partial charge is 0.327 e. The molecule has 0 aliphatic carbocycles. The Balaban J connectivity index is 2.31. The summed E-state index contributed by atoms with van der Waals surface area (Å²) in [7, 11) is 0. The van der Waals surface area contributed by atoms with Gasteiger partial charge in [-0.25, -0.2) is 9.97 Å². The van der Waals surface area contributed by atoms with Crippen molar-refractivity contribution >= 4 is 11.3 Å². The van der Waals surface area contributed by atoms with E-state index in [1.54, 1.807) is 11.3 Å². The van der Waals surface area contributed by atoms with E-state index >= 15 is 0 Å². The molecule has 0 aliphatic heterocycles. The molecule has 2 aromatic rings. The van der Waals surface area contributed by atoms with Crippen molar-refractivity contribution in [3.05, 3.63) is 34.8 Å². The van der Waals surface area contributed by atoms with Crippen molar-refractivity contribution in [2.24, 2.45) is 0 Å². The summed E-state index contributed by atoms with van der Waals surface area (Å²) in [5.41, 5.74) is 1.06. The number of thiazole rings is 1. The smallest absolute Gasteiger partial charge is 0.115 e. The van der Waals surface area contributed by atoms with E-state index in [9.17, 15) is 0 Å². The number of hydrogen-bond acceptors (Lipinski definition) is 3. The quantitative estimate of drug-likeness (QED) is 0.774. The Morgan fingerprint density at radius 3 is 2.86 bits per heavy atom. The highest BCUT2D eigenvalue weighted by Crippen LogP contribution is 2.23. The van der Waals surface area contributed by atoms with E-state index in [1.807, 2.05) is 24.8 Å². The lowest BCUT2D eigenvalue weighted by Crippen LogP contribution is -2.06. The van der Waals surface area contributed by atoms with E-state index in [0.29, 0.717) is 6.04 Å². The average molecular weight is 207 g/mol. The molecule has 0 spiro atoms. The molecule has 2 heterocycles. The molecule has 2 aromatic heterocycles. The summed E-state index contributed by atoms with van der Waals surface area (Å²) in [6.07, 6.45) is 6.84. The number of aryl methyl sites for hydroxylation is 1. The average Bonchev–Trinajstić information content (AvgIpc) is 2.79. The van der Waals surface area contributed by atoms with Crippen LogP contribution in [0.2, 0.25) is 0 Å². The van der Waals surface area contributed by atoms with Crippen LogP contribution in [-0.2, 0) is 0 Å². The zero-order chi connectivity index (χ0) is 9.97. The Hall–Kier alpha value is -1.16. The number of aromatic nitrogens is 3. The normalized spacial score (nSPS) is 13.0. The first kappa shape index (κ1) is 9.40. The van der Waals surface area contributed by atoms with Crippen LogP contribution in [0.25, 0.3) is 0 Å². The van der Waals surface area contributed by atoms with Crippen molar-refractivity contribution in [2.45, 2.75) is 26.3 Å². The third-order valence-electron chi connectivity index (χ3n) is 2.21. The van der Waals surface area contributed by atoms with Crippen LogP contribution in [0, 0.1) is 6.92 Å². The molecule has 0 amide bonds. The highest BCUT2D eigenvalue weighted by Gasteiger charge is 2.13. The van der Waals surface area contributed by atoms with Crippen molar-refractivity contribution in [3.8, 4) is 0 Å². The predicted molar refractivity (Wildman–Crippen MR) is 57.5 cm³/mol. The van der Waals surface area contributed by atoms with Gasteiger partial charge in [0.15, 0.2) is 0 Å². The molecule has 14 heavy (non-hydrogen) atoms. The standard InChI is InChI=1S/C10H13N3S/c1-3-9(10-11-4-5-14-10)13-6-8(2)12-7-13/h4-7,9H,3H2,1-2H3. The highest BCUT2D eigenvalue weighted by atomic mass is 32.1. The van der Waals surface area contributed by atoms with Crippen molar-refractivity contribution in [1.82, 2.24) is 14.5 Å². The second-order valence-corrected chi connectivity index (χ2v) is 4.18. The second kappa shape index (κ2) is 3.92. The first-order valence-corrected chi connectivity index (χ1v) is 5.58. The fraction of sp³-hybridized carbons (Fsp3) is 0.400. The van der Waals surface area contributed by atoms with Crippen molar-refractivity contribution in [1.29, 1.82) is 0 Å². The molecule has 0 radical (unpaired) electrons. The zero-order valence-electron chi connectivity index (χ0n) is 8.34. The van der Waals surface area contributed by atoms with Crippen LogP contribution in [0.4, 0.5) is 0 Å². The Kier molecular flexibility index (Phi) is 2.63. The minimum absolute atomic E-state index is 0.344. The van der Waals surface area contributed by atoms with Gasteiger partial charge in [-0.05, 0) is 13.3 Å². The Morgan fingerprint density at radius 1 is 1.50 bits per heavy atom. The lowest BCUT2D eigenvalue weighted by atomic mass is 10.2. The second-order valence-electron chi connectivity index (χ2n) is 3.26. The number of rotatable bonds is 3. The number of nitrogens with zero attached hydrogens (tertiary/aromatic N) is 3. The summed E-state index contributed by atoms with van der Waals surface area (Å²) in [6, 6.07) is 0.344. The minimum Gasteiger partial charge on any atom is -0.327 e. The Bertz CT molecular complexity index is 391. The molecule has 0 aromatic carbocycles. The molecule has 74 valence electrons. The van der Waals surface area contributed by atoms with Crippen LogP contribution in [0.5, 0.6) is 0 Å². The molecular weight excluding hydrogens is 194 g/mol. The van der Waals surface area contributed by atoms with Crippen LogP contribution in [0.1, 0.15) is 30.1 Å². The van der Waals surface area contributed by atoms with Gasteiger partial charge >= 0.3 is 0 Å². The fourth-order valence-electron chi connectivity index (χ4n) is 1.52. The summed E-state index contributed by atoms with van der Waals surface area (Å²) in [5.74, 6) is 0. The van der Waals surface area contributed by atoms with Gasteiger partial charge in [-0.1, -0.05) is 6.92 Å². The Labute approximate surface area is 87.4 Å². The highest BCUT2D eigenvalue weighted by molar-refractivity contribution is 7.09. The molecular formula is C10H13N3S. The molecule has 1 unspecified atom stereocenters. The molecule has 4 heteroatoms. The summed E-state index contributed by atoms with van der Waals surface area (Å²) in [6.45, 7) is 4.17. The van der Waals surface area contributed by atoms with Crippen LogP contribution in [0.15, 0.2) is 24.1 Å². The van der Waals surface area contributed by atoms with Crippen LogP contribution in [0.3, 0.4) is 0 Å². The van der Waals surface area contributed by atoms with Gasteiger partial charge in [0.05, 0.1) is 18.1 Å². The van der Waals surface area contributed by atoms with E-state index < -0.39 is 0 Å². The third kappa shape index (κ3) is 1.70. The van der Waals surface area contributed by atoms with Crippen LogP contribution >= 0.6 is 11.3 Å². The maximum Gasteiger partial charge on any atom is 0.115 e. The molecule has 0 fully saturated rings. The van der Waals surface area contributed by atoms with Gasteiger partial charge in [-0.15, -0.1) is 11.3 Å². The van der Waals surface area contributed by atoms with Gasteiger partial charge in [0.2, 0.25) is 0 Å². The minimum atomic E-state index is 0.344. The van der Waals surface area contributed by atoms with Crippen LogP contribution < -0.4 is 0 Å². The van der Waals surface area contributed by atoms with Gasteiger partial charge in [0.1, 0.15) is 5.01 Å². The first-order valence-electron chi connectivity index (χ1n) is 4.70. The lowest BCUT2D eigenvalue weighted by molar-refractivity contribution is 0.563. The van der Waals surface area contributed by atoms with Crippen molar-refractivity contribution in [3.63, 3.8) is 0 Å². The van der Waals surface area contributed by atoms with E-state index in [4.69, 9.17) is 0 Å². The maximum absolute atomic E-state index is 4.34. The van der Waals surface area contributed by atoms with Gasteiger partial charge in [0, 0.05) is 17.8 Å². The van der Waals surface area contributed by atoms with E-state index in [1.165, 1.54) is 0 Å². The van der Waals surface area contributed by atoms with E-state index in [0.717, 1.165) is 17.1 Å². The molecule has 1 atom stereocenters. The van der Waals surface area contributed by atoms with E-state index in [2.05, 4.69) is 27.7 Å². The molecule has 0 saturated carbocycles. The first-order chi connectivity index (χ1) is 6.81.